The number of aromatic nitrogens is 1. The second-order valence-corrected chi connectivity index (χ2v) is 4.76. The van der Waals surface area contributed by atoms with Crippen molar-refractivity contribution in [3.05, 3.63) is 17.5 Å². The monoisotopic (exact) mass is 277 g/mol. The molecule has 1 aromatic heterocycles. The van der Waals surface area contributed by atoms with Crippen molar-refractivity contribution in [2.45, 2.75) is 19.6 Å². The van der Waals surface area contributed by atoms with Gasteiger partial charge in [-0.05, 0) is 6.92 Å². The molecule has 1 aromatic rings. The standard InChI is InChI=1S/C11H14F3N3O2/c1-6-7(2-16-19-6)3-17-4-8(10(15)18)9(5-17)11(12,13)14/h2,8-9H,3-5H2,1H3,(H2,15,18)/t8-,9-/m1/s1. The molecule has 1 amide bonds. The van der Waals surface area contributed by atoms with E-state index in [1.807, 2.05) is 0 Å². The van der Waals surface area contributed by atoms with Crippen LogP contribution in [0.3, 0.4) is 0 Å². The van der Waals surface area contributed by atoms with Gasteiger partial charge < -0.3 is 10.3 Å². The van der Waals surface area contributed by atoms with Crippen molar-refractivity contribution in [1.82, 2.24) is 10.1 Å². The lowest BCUT2D eigenvalue weighted by atomic mass is 9.95. The zero-order valence-corrected chi connectivity index (χ0v) is 10.3. The lowest BCUT2D eigenvalue weighted by molar-refractivity contribution is -0.182. The Morgan fingerprint density at radius 3 is 2.68 bits per heavy atom. The molecule has 0 spiro atoms. The van der Waals surface area contributed by atoms with Crippen LogP contribution in [0.4, 0.5) is 13.2 Å². The molecule has 1 saturated heterocycles. The third kappa shape index (κ3) is 2.89. The van der Waals surface area contributed by atoms with Crippen LogP contribution in [0.2, 0.25) is 0 Å². The van der Waals surface area contributed by atoms with E-state index in [4.69, 9.17) is 10.3 Å². The number of amides is 1. The predicted octanol–water partition coefficient (Wildman–Crippen LogP) is 1.08. The Balaban J connectivity index is 2.10. The number of nitrogens with zero attached hydrogens (tertiary/aromatic N) is 2. The Bertz CT molecular complexity index is 472. The highest BCUT2D eigenvalue weighted by molar-refractivity contribution is 5.77. The summed E-state index contributed by atoms with van der Waals surface area (Å²) in [5.41, 5.74) is 5.77. The summed E-state index contributed by atoms with van der Waals surface area (Å²) in [6.07, 6.45) is -2.95. The van der Waals surface area contributed by atoms with Gasteiger partial charge >= 0.3 is 6.18 Å². The molecule has 0 bridgehead atoms. The van der Waals surface area contributed by atoms with Gasteiger partial charge in [0.15, 0.2) is 0 Å². The Kier molecular flexibility index (Phi) is 3.53. The molecule has 1 fully saturated rings. The van der Waals surface area contributed by atoms with E-state index in [0.29, 0.717) is 11.3 Å². The van der Waals surface area contributed by atoms with Gasteiger partial charge in [0.1, 0.15) is 5.76 Å². The van der Waals surface area contributed by atoms with Gasteiger partial charge in [-0.2, -0.15) is 13.2 Å². The molecule has 5 nitrogen and oxygen atoms in total. The first kappa shape index (κ1) is 13.9. The Hall–Kier alpha value is -1.57. The van der Waals surface area contributed by atoms with Gasteiger partial charge in [0.05, 0.1) is 18.0 Å². The topological polar surface area (TPSA) is 72.4 Å². The van der Waals surface area contributed by atoms with Gasteiger partial charge in [0, 0.05) is 25.2 Å². The van der Waals surface area contributed by atoms with Crippen LogP contribution in [0.5, 0.6) is 0 Å². The maximum Gasteiger partial charge on any atom is 0.393 e. The van der Waals surface area contributed by atoms with Crippen LogP contribution in [0.25, 0.3) is 0 Å². The number of primary amides is 1. The minimum absolute atomic E-state index is 0.00410. The summed E-state index contributed by atoms with van der Waals surface area (Å²) in [5.74, 6) is -3.25. The van der Waals surface area contributed by atoms with Crippen LogP contribution in [0, 0.1) is 18.8 Å². The van der Waals surface area contributed by atoms with E-state index in [1.54, 1.807) is 11.8 Å². The van der Waals surface area contributed by atoms with Gasteiger partial charge in [-0.15, -0.1) is 0 Å². The molecule has 2 heterocycles. The first-order valence-electron chi connectivity index (χ1n) is 5.77. The molecule has 19 heavy (non-hydrogen) atoms. The summed E-state index contributed by atoms with van der Waals surface area (Å²) in [5, 5.41) is 3.57. The summed E-state index contributed by atoms with van der Waals surface area (Å²) in [6, 6.07) is 0. The van der Waals surface area contributed by atoms with Gasteiger partial charge in [-0.1, -0.05) is 5.16 Å². The lowest BCUT2D eigenvalue weighted by Crippen LogP contribution is -2.37. The van der Waals surface area contributed by atoms with E-state index in [2.05, 4.69) is 5.16 Å². The summed E-state index contributed by atoms with van der Waals surface area (Å²) in [6.45, 7) is 1.72. The number of hydrogen-bond acceptors (Lipinski definition) is 4. The zero-order chi connectivity index (χ0) is 14.2. The first-order valence-corrected chi connectivity index (χ1v) is 5.77. The minimum atomic E-state index is -4.42. The van der Waals surface area contributed by atoms with Gasteiger partial charge in [0.25, 0.3) is 0 Å². The third-order valence-electron chi connectivity index (χ3n) is 3.43. The van der Waals surface area contributed by atoms with Crippen LogP contribution in [-0.2, 0) is 11.3 Å². The van der Waals surface area contributed by atoms with Crippen LogP contribution in [0.1, 0.15) is 11.3 Å². The second-order valence-electron chi connectivity index (χ2n) is 4.76. The molecule has 0 unspecified atom stereocenters. The lowest BCUT2D eigenvalue weighted by Gasteiger charge is -2.18. The Morgan fingerprint density at radius 1 is 1.58 bits per heavy atom. The van der Waals surface area contributed by atoms with Crippen LogP contribution < -0.4 is 5.73 Å². The predicted molar refractivity (Wildman–Crippen MR) is 58.7 cm³/mol. The molecular weight excluding hydrogens is 263 g/mol. The van der Waals surface area contributed by atoms with Crippen molar-refractivity contribution >= 4 is 5.91 Å². The number of carbonyl (C=O) groups is 1. The van der Waals surface area contributed by atoms with Crippen LogP contribution in [0.15, 0.2) is 10.7 Å². The van der Waals surface area contributed by atoms with Crippen molar-refractivity contribution in [2.24, 2.45) is 17.6 Å². The molecule has 2 atom stereocenters. The highest BCUT2D eigenvalue weighted by atomic mass is 19.4. The smallest absolute Gasteiger partial charge is 0.369 e. The maximum absolute atomic E-state index is 12.8. The number of likely N-dealkylation sites (tertiary alicyclic amines) is 1. The number of nitrogens with two attached hydrogens (primary N) is 1. The summed E-state index contributed by atoms with van der Waals surface area (Å²) in [7, 11) is 0. The van der Waals surface area contributed by atoms with E-state index >= 15 is 0 Å². The fourth-order valence-corrected chi connectivity index (χ4v) is 2.35. The molecule has 0 saturated carbocycles. The SMILES string of the molecule is Cc1oncc1CN1C[C@@H](C(F)(F)F)[C@H](C(N)=O)C1. The molecule has 8 heteroatoms. The third-order valence-corrected chi connectivity index (χ3v) is 3.43. The van der Waals surface area contributed by atoms with Crippen molar-refractivity contribution in [1.29, 1.82) is 0 Å². The molecule has 1 aliphatic rings. The van der Waals surface area contributed by atoms with Crippen molar-refractivity contribution in [3.8, 4) is 0 Å². The quantitative estimate of drug-likeness (QED) is 0.897. The minimum Gasteiger partial charge on any atom is -0.369 e. The first-order chi connectivity index (χ1) is 8.79. The number of rotatable bonds is 3. The Morgan fingerprint density at radius 2 is 2.26 bits per heavy atom. The molecule has 0 aliphatic carbocycles. The summed E-state index contributed by atoms with van der Waals surface area (Å²) in [4.78, 5) is 12.7. The van der Waals surface area contributed by atoms with Gasteiger partial charge in [-0.3, -0.25) is 9.69 Å². The number of aryl methyl sites for hydroxylation is 1. The second kappa shape index (κ2) is 4.84. The average molecular weight is 277 g/mol. The molecule has 0 radical (unpaired) electrons. The number of alkyl halides is 3. The van der Waals surface area contributed by atoms with E-state index in [9.17, 15) is 18.0 Å². The Labute approximate surface area is 107 Å². The highest BCUT2D eigenvalue weighted by Crippen LogP contribution is 2.38. The fraction of sp³-hybridized carbons (Fsp3) is 0.636. The molecule has 2 N–H and O–H groups in total. The zero-order valence-electron chi connectivity index (χ0n) is 10.3. The van der Waals surface area contributed by atoms with Crippen LogP contribution in [-0.4, -0.2) is 35.2 Å². The molecule has 0 aromatic carbocycles. The molecule has 2 rings (SSSR count). The molecule has 1 aliphatic heterocycles. The highest BCUT2D eigenvalue weighted by Gasteiger charge is 2.51. The number of halogens is 3. The van der Waals surface area contributed by atoms with Gasteiger partial charge in [0.2, 0.25) is 5.91 Å². The van der Waals surface area contributed by atoms with Crippen molar-refractivity contribution in [2.75, 3.05) is 13.1 Å². The largest absolute Gasteiger partial charge is 0.393 e. The van der Waals surface area contributed by atoms with E-state index in [-0.39, 0.29) is 19.6 Å². The van der Waals surface area contributed by atoms with E-state index in [1.165, 1.54) is 6.20 Å². The average Bonchev–Trinajstić information content (AvgIpc) is 2.86. The number of hydrogen-bond donors (Lipinski definition) is 1. The normalized spacial score (nSPS) is 24.8. The fourth-order valence-electron chi connectivity index (χ4n) is 2.35. The molecule has 106 valence electrons. The molecular formula is C11H14F3N3O2. The summed E-state index contributed by atoms with van der Waals surface area (Å²) < 4.78 is 43.4. The maximum atomic E-state index is 12.8. The summed E-state index contributed by atoms with van der Waals surface area (Å²) >= 11 is 0. The van der Waals surface area contributed by atoms with E-state index in [0.717, 1.165) is 0 Å². The van der Waals surface area contributed by atoms with Gasteiger partial charge in [-0.25, -0.2) is 0 Å². The van der Waals surface area contributed by atoms with E-state index < -0.39 is 23.9 Å². The van der Waals surface area contributed by atoms with Crippen molar-refractivity contribution < 1.29 is 22.5 Å². The van der Waals surface area contributed by atoms with Crippen molar-refractivity contribution in [3.63, 3.8) is 0 Å². The number of carbonyl (C=O) groups excluding carboxylic acids is 1. The van der Waals surface area contributed by atoms with Crippen LogP contribution >= 0.6 is 0 Å².